The quantitative estimate of drug-likeness (QED) is 0.415. The topological polar surface area (TPSA) is 81.9 Å². The molecule has 10 heteroatoms. The molecule has 0 aliphatic carbocycles. The SMILES string of the molecule is Cc1nc(NC(=O)C(C)Sc2nnc(C(C)Oc3ccccc3F)n2CC(C)C)sc1C. The lowest BCUT2D eigenvalue weighted by molar-refractivity contribution is -0.115. The Kier molecular flexibility index (Phi) is 7.89. The van der Waals surface area contributed by atoms with E-state index in [9.17, 15) is 9.18 Å². The van der Waals surface area contributed by atoms with Crippen LogP contribution in [0.3, 0.4) is 0 Å². The summed E-state index contributed by atoms with van der Waals surface area (Å²) in [4.78, 5) is 18.1. The van der Waals surface area contributed by atoms with E-state index in [1.807, 2.05) is 32.3 Å². The molecular weight excluding hydrogens is 449 g/mol. The molecule has 2 aromatic heterocycles. The van der Waals surface area contributed by atoms with Gasteiger partial charge in [-0.15, -0.1) is 21.5 Å². The summed E-state index contributed by atoms with van der Waals surface area (Å²) in [6, 6.07) is 6.27. The van der Waals surface area contributed by atoms with Gasteiger partial charge in [0.15, 0.2) is 33.8 Å². The average molecular weight is 478 g/mol. The fourth-order valence-electron chi connectivity index (χ4n) is 2.95. The highest BCUT2D eigenvalue weighted by molar-refractivity contribution is 8.00. The van der Waals surface area contributed by atoms with E-state index >= 15 is 0 Å². The van der Waals surface area contributed by atoms with Crippen LogP contribution in [0.4, 0.5) is 9.52 Å². The number of carbonyl (C=O) groups excluding carboxylic acids is 1. The summed E-state index contributed by atoms with van der Waals surface area (Å²) in [5.41, 5.74) is 0.913. The molecular formula is C22H28FN5O2S2. The number of rotatable bonds is 9. The lowest BCUT2D eigenvalue weighted by Gasteiger charge is -2.18. The summed E-state index contributed by atoms with van der Waals surface area (Å²) in [7, 11) is 0. The molecule has 2 atom stereocenters. The number of thiazole rings is 1. The number of thioether (sulfide) groups is 1. The Morgan fingerprint density at radius 3 is 2.56 bits per heavy atom. The van der Waals surface area contributed by atoms with E-state index in [0.717, 1.165) is 10.6 Å². The molecule has 2 unspecified atom stereocenters. The number of amides is 1. The summed E-state index contributed by atoms with van der Waals surface area (Å²) in [6.07, 6.45) is -0.516. The molecule has 0 aliphatic rings. The Morgan fingerprint density at radius 1 is 1.22 bits per heavy atom. The van der Waals surface area contributed by atoms with E-state index in [4.69, 9.17) is 4.74 Å². The van der Waals surface area contributed by atoms with Crippen LogP contribution in [0.1, 0.15) is 50.2 Å². The van der Waals surface area contributed by atoms with Gasteiger partial charge in [0.05, 0.1) is 10.9 Å². The van der Waals surface area contributed by atoms with Crippen LogP contribution < -0.4 is 10.1 Å². The van der Waals surface area contributed by atoms with Crippen molar-refractivity contribution in [3.63, 3.8) is 0 Å². The van der Waals surface area contributed by atoms with Gasteiger partial charge >= 0.3 is 0 Å². The Bertz CT molecular complexity index is 1060. The molecule has 0 bridgehead atoms. The van der Waals surface area contributed by atoms with Crippen LogP contribution in [0.5, 0.6) is 5.75 Å². The van der Waals surface area contributed by atoms with Crippen molar-refractivity contribution in [1.29, 1.82) is 0 Å². The second-order valence-electron chi connectivity index (χ2n) is 7.95. The second-order valence-corrected chi connectivity index (χ2v) is 10.5. The van der Waals surface area contributed by atoms with Crippen molar-refractivity contribution < 1.29 is 13.9 Å². The number of aryl methyl sites for hydroxylation is 2. The van der Waals surface area contributed by atoms with Gasteiger partial charge < -0.3 is 14.6 Å². The molecule has 1 aromatic carbocycles. The van der Waals surface area contributed by atoms with Gasteiger partial charge in [-0.25, -0.2) is 9.37 Å². The number of nitrogens with zero attached hydrogens (tertiary/aromatic N) is 4. The number of ether oxygens (including phenoxy) is 1. The third kappa shape index (κ3) is 5.86. The van der Waals surface area contributed by atoms with Crippen molar-refractivity contribution in [3.05, 3.63) is 46.5 Å². The van der Waals surface area contributed by atoms with Crippen molar-refractivity contribution in [2.45, 2.75) is 64.6 Å². The first kappa shape index (κ1) is 24.2. The van der Waals surface area contributed by atoms with Crippen molar-refractivity contribution in [2.24, 2.45) is 5.92 Å². The first-order valence-corrected chi connectivity index (χ1v) is 12.1. The summed E-state index contributed by atoms with van der Waals surface area (Å²) in [6.45, 7) is 12.3. The predicted molar refractivity (Wildman–Crippen MR) is 126 cm³/mol. The molecule has 0 fully saturated rings. The number of halogens is 1. The second kappa shape index (κ2) is 10.4. The Hall–Kier alpha value is -2.46. The average Bonchev–Trinajstić information content (AvgIpc) is 3.25. The number of para-hydroxylation sites is 1. The predicted octanol–water partition coefficient (Wildman–Crippen LogP) is 5.41. The van der Waals surface area contributed by atoms with E-state index in [0.29, 0.717) is 28.6 Å². The van der Waals surface area contributed by atoms with Crippen LogP contribution in [0.25, 0.3) is 0 Å². The fourth-order valence-corrected chi connectivity index (χ4v) is 4.64. The first-order valence-electron chi connectivity index (χ1n) is 10.4. The molecule has 2 heterocycles. The largest absolute Gasteiger partial charge is 0.480 e. The Labute approximate surface area is 195 Å². The van der Waals surface area contributed by atoms with Gasteiger partial charge in [0.25, 0.3) is 0 Å². The zero-order valence-electron chi connectivity index (χ0n) is 19.0. The molecule has 172 valence electrons. The molecule has 0 saturated heterocycles. The van der Waals surface area contributed by atoms with Crippen LogP contribution >= 0.6 is 23.1 Å². The summed E-state index contributed by atoms with van der Waals surface area (Å²) in [5, 5.41) is 12.3. The van der Waals surface area contributed by atoms with E-state index in [1.165, 1.54) is 29.2 Å². The standard InChI is InChI=1S/C22H28FN5O2S2/c1-12(2)11-28-19(14(4)30-18-10-8-7-9-17(18)23)26-27-22(28)32-16(6)20(29)25-21-24-13(3)15(5)31-21/h7-10,12,14,16H,11H2,1-6H3,(H,24,25,29). The number of nitrogens with one attached hydrogen (secondary N) is 1. The van der Waals surface area contributed by atoms with E-state index in [-0.39, 0.29) is 11.7 Å². The number of anilines is 1. The van der Waals surface area contributed by atoms with Crippen LogP contribution in [0.15, 0.2) is 29.4 Å². The van der Waals surface area contributed by atoms with Crippen LogP contribution in [-0.2, 0) is 11.3 Å². The van der Waals surface area contributed by atoms with Gasteiger partial charge in [-0.1, -0.05) is 37.7 Å². The molecule has 0 aliphatic heterocycles. The minimum Gasteiger partial charge on any atom is -0.480 e. The molecule has 3 rings (SSSR count). The molecule has 1 N–H and O–H groups in total. The van der Waals surface area contributed by atoms with Gasteiger partial charge in [0.1, 0.15) is 0 Å². The summed E-state index contributed by atoms with van der Waals surface area (Å²) in [5.74, 6) is 0.482. The highest BCUT2D eigenvalue weighted by atomic mass is 32.2. The Morgan fingerprint density at radius 2 is 1.94 bits per heavy atom. The number of carbonyl (C=O) groups is 1. The highest BCUT2D eigenvalue weighted by Crippen LogP contribution is 2.29. The smallest absolute Gasteiger partial charge is 0.239 e. The molecule has 3 aromatic rings. The monoisotopic (exact) mass is 477 g/mol. The molecule has 0 radical (unpaired) electrons. The van der Waals surface area contributed by atoms with Gasteiger partial charge in [0.2, 0.25) is 5.91 Å². The van der Waals surface area contributed by atoms with E-state index < -0.39 is 17.2 Å². The Balaban J connectivity index is 1.76. The van der Waals surface area contributed by atoms with Crippen LogP contribution in [0.2, 0.25) is 0 Å². The first-order chi connectivity index (χ1) is 15.2. The maximum atomic E-state index is 14.0. The maximum Gasteiger partial charge on any atom is 0.239 e. The number of benzene rings is 1. The van der Waals surface area contributed by atoms with Gasteiger partial charge in [0, 0.05) is 11.4 Å². The number of hydrogen-bond donors (Lipinski definition) is 1. The minimum absolute atomic E-state index is 0.153. The van der Waals surface area contributed by atoms with Crippen molar-refractivity contribution in [1.82, 2.24) is 19.7 Å². The molecule has 32 heavy (non-hydrogen) atoms. The van der Waals surface area contributed by atoms with Crippen molar-refractivity contribution in [2.75, 3.05) is 5.32 Å². The zero-order chi connectivity index (χ0) is 23.4. The normalized spacial score (nSPS) is 13.2. The molecule has 0 saturated carbocycles. The molecule has 0 spiro atoms. The van der Waals surface area contributed by atoms with Crippen LogP contribution in [-0.4, -0.2) is 30.9 Å². The summed E-state index contributed by atoms with van der Waals surface area (Å²) >= 11 is 2.78. The van der Waals surface area contributed by atoms with E-state index in [1.54, 1.807) is 18.2 Å². The van der Waals surface area contributed by atoms with Crippen LogP contribution in [0, 0.1) is 25.6 Å². The minimum atomic E-state index is -0.516. The third-order valence-electron chi connectivity index (χ3n) is 4.71. The summed E-state index contributed by atoms with van der Waals surface area (Å²) < 4.78 is 21.8. The number of hydrogen-bond acceptors (Lipinski definition) is 7. The van der Waals surface area contributed by atoms with Gasteiger partial charge in [-0.2, -0.15) is 0 Å². The molecule has 1 amide bonds. The maximum absolute atomic E-state index is 14.0. The third-order valence-corrected chi connectivity index (χ3v) is 6.78. The van der Waals surface area contributed by atoms with Gasteiger partial charge in [-0.3, -0.25) is 4.79 Å². The fraction of sp³-hybridized carbons (Fsp3) is 0.455. The molecule has 7 nitrogen and oxygen atoms in total. The lowest BCUT2D eigenvalue weighted by atomic mass is 10.2. The number of aromatic nitrogens is 4. The van der Waals surface area contributed by atoms with Gasteiger partial charge in [-0.05, 0) is 45.7 Å². The zero-order valence-corrected chi connectivity index (χ0v) is 20.7. The lowest BCUT2D eigenvalue weighted by Crippen LogP contribution is -2.23. The van der Waals surface area contributed by atoms with Crippen molar-refractivity contribution in [3.8, 4) is 5.75 Å². The highest BCUT2D eigenvalue weighted by Gasteiger charge is 2.25. The van der Waals surface area contributed by atoms with E-state index in [2.05, 4.69) is 34.3 Å². The van der Waals surface area contributed by atoms with Crippen molar-refractivity contribution >= 4 is 34.1 Å².